The molecule has 0 fully saturated rings. The first kappa shape index (κ1) is 11.6. The van der Waals surface area contributed by atoms with Crippen molar-refractivity contribution in [1.82, 2.24) is 14.8 Å². The van der Waals surface area contributed by atoms with E-state index in [9.17, 15) is 4.79 Å². The Morgan fingerprint density at radius 2 is 2.29 bits per heavy atom. The highest BCUT2D eigenvalue weighted by atomic mass is 35.5. The maximum atomic E-state index is 10.8. The van der Waals surface area contributed by atoms with E-state index in [1.165, 1.54) is 6.07 Å². The van der Waals surface area contributed by atoms with Gasteiger partial charge in [-0.1, -0.05) is 18.5 Å². The lowest BCUT2D eigenvalue weighted by atomic mass is 10.2. The zero-order valence-corrected chi connectivity index (χ0v) is 9.85. The summed E-state index contributed by atoms with van der Waals surface area (Å²) >= 11 is 5.90. The van der Waals surface area contributed by atoms with Gasteiger partial charge in [-0.2, -0.15) is 0 Å². The monoisotopic (exact) mass is 251 g/mol. The molecule has 1 N–H and O–H groups in total. The van der Waals surface area contributed by atoms with Crippen molar-refractivity contribution in [3.05, 3.63) is 40.9 Å². The molecule has 0 aliphatic rings. The summed E-state index contributed by atoms with van der Waals surface area (Å²) < 4.78 is 1.78. The van der Waals surface area contributed by atoms with Crippen LogP contribution in [0, 0.1) is 0 Å². The number of carbonyl (C=O) groups is 1. The molecule has 0 radical (unpaired) electrons. The lowest BCUT2D eigenvalue weighted by Gasteiger charge is -2.06. The van der Waals surface area contributed by atoms with Gasteiger partial charge >= 0.3 is 5.97 Å². The average Bonchev–Trinajstić information content (AvgIpc) is 2.76. The van der Waals surface area contributed by atoms with Crippen molar-refractivity contribution in [1.29, 1.82) is 0 Å². The number of aromatic nitrogens is 3. The highest BCUT2D eigenvalue weighted by molar-refractivity contribution is 6.33. The van der Waals surface area contributed by atoms with E-state index in [4.69, 9.17) is 16.7 Å². The van der Waals surface area contributed by atoms with E-state index in [0.29, 0.717) is 0 Å². The summed E-state index contributed by atoms with van der Waals surface area (Å²) in [6.45, 7) is 1.97. The van der Waals surface area contributed by atoms with Crippen LogP contribution < -0.4 is 0 Å². The number of aromatic carboxylic acids is 1. The third kappa shape index (κ3) is 2.14. The number of aryl methyl sites for hydroxylation is 1. The van der Waals surface area contributed by atoms with Crippen molar-refractivity contribution in [3.8, 4) is 5.69 Å². The van der Waals surface area contributed by atoms with Crippen molar-refractivity contribution in [2.75, 3.05) is 0 Å². The minimum atomic E-state index is -1.04. The number of carboxylic acid groups (broad SMARTS) is 1. The van der Waals surface area contributed by atoms with Crippen LogP contribution in [0.3, 0.4) is 0 Å². The Balaban J connectivity index is 2.48. The lowest BCUT2D eigenvalue weighted by molar-refractivity contribution is 0.0697. The van der Waals surface area contributed by atoms with Crippen LogP contribution in [0.1, 0.15) is 23.1 Å². The summed E-state index contributed by atoms with van der Waals surface area (Å²) in [5, 5.41) is 16.8. The van der Waals surface area contributed by atoms with Gasteiger partial charge in [0.05, 0.1) is 10.6 Å². The molecule has 6 heteroatoms. The number of benzene rings is 1. The van der Waals surface area contributed by atoms with Gasteiger partial charge in [-0.05, 0) is 18.2 Å². The quantitative estimate of drug-likeness (QED) is 0.908. The third-order valence-electron chi connectivity index (χ3n) is 2.40. The number of nitrogens with zero attached hydrogens (tertiary/aromatic N) is 3. The maximum absolute atomic E-state index is 10.8. The first-order valence-corrected chi connectivity index (χ1v) is 5.43. The van der Waals surface area contributed by atoms with Crippen LogP contribution in [-0.4, -0.2) is 25.8 Å². The summed E-state index contributed by atoms with van der Waals surface area (Å²) in [5.74, 6) is -0.245. The molecule has 5 nitrogen and oxygen atoms in total. The molecule has 0 unspecified atom stereocenters. The minimum Gasteiger partial charge on any atom is -0.478 e. The van der Waals surface area contributed by atoms with Crippen LogP contribution in [0.2, 0.25) is 5.02 Å². The fraction of sp³-hybridized carbons (Fsp3) is 0.182. The summed E-state index contributed by atoms with van der Waals surface area (Å²) in [5.41, 5.74) is 0.836. The second-order valence-electron chi connectivity index (χ2n) is 3.44. The largest absolute Gasteiger partial charge is 0.478 e. The number of hydrogen-bond acceptors (Lipinski definition) is 3. The molecule has 0 amide bonds. The normalized spacial score (nSPS) is 10.5. The molecule has 0 spiro atoms. The van der Waals surface area contributed by atoms with E-state index in [1.807, 2.05) is 6.92 Å². The molecule has 0 aliphatic heterocycles. The summed E-state index contributed by atoms with van der Waals surface area (Å²) in [4.78, 5) is 10.8. The van der Waals surface area contributed by atoms with E-state index in [-0.39, 0.29) is 10.6 Å². The first-order valence-electron chi connectivity index (χ1n) is 5.05. The number of halogens is 1. The fourth-order valence-corrected chi connectivity index (χ4v) is 1.80. The number of carboxylic acids is 1. The van der Waals surface area contributed by atoms with Gasteiger partial charge < -0.3 is 5.11 Å². The highest BCUT2D eigenvalue weighted by Gasteiger charge is 2.11. The van der Waals surface area contributed by atoms with Crippen LogP contribution in [0.15, 0.2) is 24.5 Å². The van der Waals surface area contributed by atoms with Crippen molar-refractivity contribution in [2.24, 2.45) is 0 Å². The predicted molar refractivity (Wildman–Crippen MR) is 62.7 cm³/mol. The Morgan fingerprint density at radius 1 is 1.53 bits per heavy atom. The Hall–Kier alpha value is -1.88. The zero-order chi connectivity index (χ0) is 12.4. The fourth-order valence-electron chi connectivity index (χ4n) is 1.54. The van der Waals surface area contributed by atoms with Gasteiger partial charge in [0.15, 0.2) is 0 Å². The molecule has 1 aromatic carbocycles. The summed E-state index contributed by atoms with van der Waals surface area (Å²) in [7, 11) is 0. The zero-order valence-electron chi connectivity index (χ0n) is 9.09. The van der Waals surface area contributed by atoms with Gasteiger partial charge in [-0.15, -0.1) is 10.2 Å². The lowest BCUT2D eigenvalue weighted by Crippen LogP contribution is -2.02. The van der Waals surface area contributed by atoms with E-state index in [2.05, 4.69) is 10.2 Å². The smallest absolute Gasteiger partial charge is 0.337 e. The molecular weight excluding hydrogens is 242 g/mol. The molecule has 2 aromatic rings. The van der Waals surface area contributed by atoms with Crippen LogP contribution in [-0.2, 0) is 6.42 Å². The molecular formula is C11H10ClN3O2. The minimum absolute atomic E-state index is 0.0848. The SMILES string of the molecule is CCc1nncn1-c1ccc(C(=O)O)c(Cl)c1. The van der Waals surface area contributed by atoms with Gasteiger partial charge in [0.1, 0.15) is 12.2 Å². The summed E-state index contributed by atoms with van der Waals surface area (Å²) in [6.07, 6.45) is 2.31. The third-order valence-corrected chi connectivity index (χ3v) is 2.71. The Kier molecular flexibility index (Phi) is 3.10. The van der Waals surface area contributed by atoms with Gasteiger partial charge in [-0.3, -0.25) is 4.57 Å². The molecule has 88 valence electrons. The molecule has 0 bridgehead atoms. The van der Waals surface area contributed by atoms with Crippen LogP contribution in [0.25, 0.3) is 5.69 Å². The molecule has 17 heavy (non-hydrogen) atoms. The van der Waals surface area contributed by atoms with Crippen molar-refractivity contribution >= 4 is 17.6 Å². The topological polar surface area (TPSA) is 68.0 Å². The van der Waals surface area contributed by atoms with Crippen LogP contribution in [0.5, 0.6) is 0 Å². The Bertz CT molecular complexity index is 566. The molecule has 0 saturated heterocycles. The number of hydrogen-bond donors (Lipinski definition) is 1. The van der Waals surface area contributed by atoms with Gasteiger partial charge in [0.25, 0.3) is 0 Å². The maximum Gasteiger partial charge on any atom is 0.337 e. The van der Waals surface area contributed by atoms with E-state index in [0.717, 1.165) is 17.9 Å². The van der Waals surface area contributed by atoms with Crippen molar-refractivity contribution in [3.63, 3.8) is 0 Å². The number of rotatable bonds is 3. The predicted octanol–water partition coefficient (Wildman–Crippen LogP) is 2.18. The molecule has 0 aliphatic carbocycles. The Morgan fingerprint density at radius 3 is 2.88 bits per heavy atom. The Labute approximate surface area is 103 Å². The molecule has 1 aromatic heterocycles. The van der Waals surface area contributed by atoms with Crippen molar-refractivity contribution < 1.29 is 9.90 Å². The second kappa shape index (κ2) is 4.55. The molecule has 0 saturated carbocycles. The van der Waals surface area contributed by atoms with Gasteiger partial charge in [0.2, 0.25) is 0 Å². The van der Waals surface area contributed by atoms with Crippen molar-refractivity contribution in [2.45, 2.75) is 13.3 Å². The molecule has 2 rings (SSSR count). The molecule has 1 heterocycles. The van der Waals surface area contributed by atoms with Gasteiger partial charge in [0, 0.05) is 12.1 Å². The van der Waals surface area contributed by atoms with E-state index < -0.39 is 5.97 Å². The van der Waals surface area contributed by atoms with Crippen LogP contribution >= 0.6 is 11.6 Å². The first-order chi connectivity index (χ1) is 8.13. The second-order valence-corrected chi connectivity index (χ2v) is 3.85. The standard InChI is InChI=1S/C11H10ClN3O2/c1-2-10-14-13-6-15(10)7-3-4-8(11(16)17)9(12)5-7/h3-6H,2H2,1H3,(H,16,17). The average molecular weight is 252 g/mol. The highest BCUT2D eigenvalue weighted by Crippen LogP contribution is 2.21. The van der Waals surface area contributed by atoms with E-state index >= 15 is 0 Å². The molecule has 0 atom stereocenters. The van der Waals surface area contributed by atoms with E-state index in [1.54, 1.807) is 23.0 Å². The van der Waals surface area contributed by atoms with Gasteiger partial charge in [-0.25, -0.2) is 4.79 Å². The van der Waals surface area contributed by atoms with Crippen LogP contribution in [0.4, 0.5) is 0 Å². The summed E-state index contributed by atoms with van der Waals surface area (Å²) in [6, 6.07) is 4.74.